The van der Waals surface area contributed by atoms with Gasteiger partial charge in [-0.3, -0.25) is 14.9 Å². The zero-order chi connectivity index (χ0) is 17.7. The van der Waals surface area contributed by atoms with Crippen molar-refractivity contribution in [1.29, 1.82) is 0 Å². The van der Waals surface area contributed by atoms with E-state index in [9.17, 15) is 28.1 Å². The third-order valence-electron chi connectivity index (χ3n) is 3.08. The van der Waals surface area contributed by atoms with Gasteiger partial charge in [0.1, 0.15) is 5.69 Å². The number of para-hydroxylation sites is 2. The molecule has 126 valence electrons. The predicted octanol–water partition coefficient (Wildman–Crippen LogP) is 3.45. The van der Waals surface area contributed by atoms with Crippen LogP contribution in [0.25, 0.3) is 0 Å². The van der Waals surface area contributed by atoms with Crippen molar-refractivity contribution in [2.45, 2.75) is 6.42 Å². The molecule has 0 unspecified atom stereocenters. The second kappa shape index (κ2) is 7.44. The second-order valence-corrected chi connectivity index (χ2v) is 4.72. The SMILES string of the molecule is O=C(CCNc1ccccc1[N+](=O)[O-])Nc1ccc(F)c(F)c1F. The van der Waals surface area contributed by atoms with Gasteiger partial charge in [0.05, 0.1) is 10.6 Å². The van der Waals surface area contributed by atoms with Gasteiger partial charge in [-0.2, -0.15) is 0 Å². The highest BCUT2D eigenvalue weighted by atomic mass is 19.2. The Morgan fingerprint density at radius 1 is 1.04 bits per heavy atom. The number of nitrogens with one attached hydrogen (secondary N) is 2. The third-order valence-corrected chi connectivity index (χ3v) is 3.08. The van der Waals surface area contributed by atoms with E-state index >= 15 is 0 Å². The highest BCUT2D eigenvalue weighted by Crippen LogP contribution is 2.23. The van der Waals surface area contributed by atoms with Crippen LogP contribution in [0.1, 0.15) is 6.42 Å². The Kier molecular flexibility index (Phi) is 5.35. The number of hydrogen-bond acceptors (Lipinski definition) is 4. The zero-order valence-electron chi connectivity index (χ0n) is 12.2. The molecule has 0 aliphatic carbocycles. The van der Waals surface area contributed by atoms with Gasteiger partial charge in [0.2, 0.25) is 5.91 Å². The lowest BCUT2D eigenvalue weighted by atomic mass is 10.2. The van der Waals surface area contributed by atoms with Gasteiger partial charge in [0.25, 0.3) is 5.69 Å². The maximum absolute atomic E-state index is 13.4. The Hall–Kier alpha value is -3.10. The molecule has 0 spiro atoms. The van der Waals surface area contributed by atoms with E-state index in [-0.39, 0.29) is 24.3 Å². The number of amides is 1. The van der Waals surface area contributed by atoms with Crippen LogP contribution < -0.4 is 10.6 Å². The van der Waals surface area contributed by atoms with Gasteiger partial charge in [-0.25, -0.2) is 13.2 Å². The summed E-state index contributed by atoms with van der Waals surface area (Å²) >= 11 is 0. The molecule has 0 saturated heterocycles. The highest BCUT2D eigenvalue weighted by molar-refractivity contribution is 5.91. The first-order valence-corrected chi connectivity index (χ1v) is 6.80. The molecule has 0 atom stereocenters. The van der Waals surface area contributed by atoms with Crippen LogP contribution in [0.3, 0.4) is 0 Å². The highest BCUT2D eigenvalue weighted by Gasteiger charge is 2.16. The number of hydrogen-bond donors (Lipinski definition) is 2. The maximum atomic E-state index is 13.4. The van der Waals surface area contributed by atoms with Crippen molar-refractivity contribution in [3.8, 4) is 0 Å². The van der Waals surface area contributed by atoms with Crippen molar-refractivity contribution in [1.82, 2.24) is 0 Å². The Bertz CT molecular complexity index is 784. The lowest BCUT2D eigenvalue weighted by molar-refractivity contribution is -0.384. The van der Waals surface area contributed by atoms with Crippen LogP contribution in [0.5, 0.6) is 0 Å². The Balaban J connectivity index is 1.93. The van der Waals surface area contributed by atoms with E-state index in [1.54, 1.807) is 6.07 Å². The number of anilines is 2. The molecule has 0 aliphatic rings. The second-order valence-electron chi connectivity index (χ2n) is 4.72. The number of benzene rings is 2. The maximum Gasteiger partial charge on any atom is 0.292 e. The number of carbonyl (C=O) groups excluding carboxylic acids is 1. The monoisotopic (exact) mass is 339 g/mol. The van der Waals surface area contributed by atoms with Crippen LogP contribution >= 0.6 is 0 Å². The number of nitro groups is 1. The molecule has 2 aromatic carbocycles. The van der Waals surface area contributed by atoms with Crippen molar-refractivity contribution < 1.29 is 22.9 Å². The number of nitrogens with zero attached hydrogens (tertiary/aromatic N) is 1. The van der Waals surface area contributed by atoms with Crippen LogP contribution in [-0.2, 0) is 4.79 Å². The van der Waals surface area contributed by atoms with Crippen LogP contribution in [0.15, 0.2) is 36.4 Å². The summed E-state index contributed by atoms with van der Waals surface area (Å²) in [6.45, 7) is 0.0297. The molecule has 0 radical (unpaired) electrons. The summed E-state index contributed by atoms with van der Waals surface area (Å²) in [6, 6.07) is 7.47. The first-order valence-electron chi connectivity index (χ1n) is 6.80. The number of nitro benzene ring substituents is 1. The van der Waals surface area contributed by atoms with E-state index < -0.39 is 34.0 Å². The predicted molar refractivity (Wildman–Crippen MR) is 81.1 cm³/mol. The van der Waals surface area contributed by atoms with Crippen molar-refractivity contribution in [2.75, 3.05) is 17.2 Å². The van der Waals surface area contributed by atoms with Gasteiger partial charge in [-0.05, 0) is 18.2 Å². The van der Waals surface area contributed by atoms with Crippen LogP contribution in [0, 0.1) is 27.6 Å². The summed E-state index contributed by atoms with van der Waals surface area (Å²) in [4.78, 5) is 22.0. The van der Waals surface area contributed by atoms with Crippen molar-refractivity contribution in [2.24, 2.45) is 0 Å². The van der Waals surface area contributed by atoms with Crippen molar-refractivity contribution >= 4 is 23.0 Å². The molecule has 2 N–H and O–H groups in total. The molecule has 0 heterocycles. The van der Waals surface area contributed by atoms with Gasteiger partial charge in [-0.15, -0.1) is 0 Å². The molecule has 2 rings (SSSR count). The lowest BCUT2D eigenvalue weighted by Gasteiger charge is -2.09. The first-order chi connectivity index (χ1) is 11.4. The summed E-state index contributed by atoms with van der Waals surface area (Å²) in [5.41, 5.74) is -0.400. The van der Waals surface area contributed by atoms with Crippen LogP contribution in [0.2, 0.25) is 0 Å². The summed E-state index contributed by atoms with van der Waals surface area (Å²) in [5.74, 6) is -5.18. The normalized spacial score (nSPS) is 10.3. The molecule has 0 bridgehead atoms. The number of halogens is 3. The standard InChI is InChI=1S/C15H12F3N3O3/c16-9-5-6-11(15(18)14(9)17)20-13(22)7-8-19-10-3-1-2-4-12(10)21(23)24/h1-6,19H,7-8H2,(H,20,22). The van der Waals surface area contributed by atoms with Crippen molar-refractivity contribution in [3.05, 3.63) is 64.0 Å². The Morgan fingerprint density at radius 2 is 1.75 bits per heavy atom. The lowest BCUT2D eigenvalue weighted by Crippen LogP contribution is -2.17. The van der Waals surface area contributed by atoms with Gasteiger partial charge >= 0.3 is 0 Å². The topological polar surface area (TPSA) is 84.3 Å². The average molecular weight is 339 g/mol. The molecular weight excluding hydrogens is 327 g/mol. The number of carbonyl (C=O) groups is 1. The fourth-order valence-electron chi connectivity index (χ4n) is 1.93. The minimum absolute atomic E-state index is 0.0297. The van der Waals surface area contributed by atoms with Gasteiger partial charge < -0.3 is 10.6 Å². The molecule has 0 saturated carbocycles. The fourth-order valence-corrected chi connectivity index (χ4v) is 1.93. The minimum Gasteiger partial charge on any atom is -0.379 e. The molecule has 6 nitrogen and oxygen atoms in total. The third kappa shape index (κ3) is 4.00. The smallest absolute Gasteiger partial charge is 0.292 e. The minimum atomic E-state index is -1.68. The van der Waals surface area contributed by atoms with Gasteiger partial charge in [-0.1, -0.05) is 12.1 Å². The molecule has 24 heavy (non-hydrogen) atoms. The number of rotatable bonds is 6. The quantitative estimate of drug-likeness (QED) is 0.480. The molecule has 0 fully saturated rings. The van der Waals surface area contributed by atoms with E-state index in [1.807, 2.05) is 0 Å². The van der Waals surface area contributed by atoms with Crippen molar-refractivity contribution in [3.63, 3.8) is 0 Å². The van der Waals surface area contributed by atoms with E-state index in [4.69, 9.17) is 0 Å². The Labute approximate surface area is 134 Å². The molecule has 0 aliphatic heterocycles. The summed E-state index contributed by atoms with van der Waals surface area (Å²) in [7, 11) is 0. The van der Waals surface area contributed by atoms with E-state index in [1.165, 1.54) is 18.2 Å². The van der Waals surface area contributed by atoms with E-state index in [2.05, 4.69) is 10.6 Å². The average Bonchev–Trinajstić information content (AvgIpc) is 2.56. The zero-order valence-corrected chi connectivity index (χ0v) is 12.2. The van der Waals surface area contributed by atoms with E-state index in [0.717, 1.165) is 6.07 Å². The first kappa shape index (κ1) is 17.3. The summed E-state index contributed by atoms with van der Waals surface area (Å²) < 4.78 is 39.3. The van der Waals surface area contributed by atoms with Gasteiger partial charge in [0, 0.05) is 19.0 Å². The molecule has 9 heteroatoms. The van der Waals surface area contributed by atoms with Crippen LogP contribution in [0.4, 0.5) is 30.2 Å². The Morgan fingerprint density at radius 3 is 2.46 bits per heavy atom. The largest absolute Gasteiger partial charge is 0.379 e. The van der Waals surface area contributed by atoms with Gasteiger partial charge in [0.15, 0.2) is 17.5 Å². The summed E-state index contributed by atoms with van der Waals surface area (Å²) in [6.07, 6.45) is -0.162. The van der Waals surface area contributed by atoms with E-state index in [0.29, 0.717) is 6.07 Å². The molecule has 0 aromatic heterocycles. The molecular formula is C15H12F3N3O3. The molecule has 2 aromatic rings. The van der Waals surface area contributed by atoms with Crippen LogP contribution in [-0.4, -0.2) is 17.4 Å². The summed E-state index contributed by atoms with van der Waals surface area (Å²) in [5, 5.41) is 15.7. The molecule has 1 amide bonds. The fraction of sp³-hybridized carbons (Fsp3) is 0.133.